The van der Waals surface area contributed by atoms with Crippen molar-refractivity contribution in [1.82, 2.24) is 4.90 Å². The highest BCUT2D eigenvalue weighted by Gasteiger charge is 2.37. The van der Waals surface area contributed by atoms with Gasteiger partial charge in [0, 0.05) is 6.54 Å². The predicted octanol–water partition coefficient (Wildman–Crippen LogP) is 1.33. The highest BCUT2D eigenvalue weighted by atomic mass is 31.2. The number of likely N-dealkylation sites (N-methyl/N-ethyl adjacent to an activating group) is 1. The number of hydrogen-bond acceptors (Lipinski definition) is 6. The minimum Gasteiger partial charge on any atom is -0.756 e. The summed E-state index contributed by atoms with van der Waals surface area (Å²) < 4.78 is 21.4. The molecule has 0 saturated heterocycles. The second-order valence-corrected chi connectivity index (χ2v) is 7.64. The fraction of sp³-hybridized carbons (Fsp3) is 0.917. The molecule has 0 aliphatic heterocycles. The summed E-state index contributed by atoms with van der Waals surface area (Å²) in [6, 6.07) is 0. The third kappa shape index (κ3) is 7.97. The van der Waals surface area contributed by atoms with Gasteiger partial charge in [0.25, 0.3) is 7.82 Å². The molecule has 0 spiro atoms. The Hall–Kier alpha value is -0.460. The summed E-state index contributed by atoms with van der Waals surface area (Å²) in [5.74, 6) is -1.01. The maximum atomic E-state index is 11.7. The molecular formula is C12H25NO6P-. The van der Waals surface area contributed by atoms with Gasteiger partial charge >= 0.3 is 5.97 Å². The topological polar surface area (TPSA) is 99.1 Å². The fourth-order valence-electron chi connectivity index (χ4n) is 1.84. The highest BCUT2D eigenvalue weighted by molar-refractivity contribution is 7.45. The number of phosphoric ester groups is 1. The molecule has 0 rings (SSSR count). The Labute approximate surface area is 120 Å². The van der Waals surface area contributed by atoms with Crippen LogP contribution < -0.4 is 4.89 Å². The molecule has 0 aliphatic rings. The van der Waals surface area contributed by atoms with Crippen molar-refractivity contribution in [3.63, 3.8) is 0 Å². The van der Waals surface area contributed by atoms with Crippen LogP contribution in [0.2, 0.25) is 0 Å². The molecule has 8 heteroatoms. The van der Waals surface area contributed by atoms with Gasteiger partial charge in [-0.1, -0.05) is 0 Å². The number of rotatable bonds is 9. The van der Waals surface area contributed by atoms with E-state index in [9.17, 15) is 14.3 Å². The number of hydrogen-bond donors (Lipinski definition) is 1. The van der Waals surface area contributed by atoms with Crippen LogP contribution in [0.1, 0.15) is 34.1 Å². The van der Waals surface area contributed by atoms with E-state index in [2.05, 4.69) is 0 Å². The average Bonchev–Trinajstić information content (AvgIpc) is 2.11. The summed E-state index contributed by atoms with van der Waals surface area (Å²) in [6.45, 7) is 6.52. The molecule has 0 saturated carbocycles. The fourth-order valence-corrected chi connectivity index (χ4v) is 2.86. The molecule has 20 heavy (non-hydrogen) atoms. The first kappa shape index (κ1) is 19.5. The van der Waals surface area contributed by atoms with Gasteiger partial charge < -0.3 is 23.9 Å². The van der Waals surface area contributed by atoms with Gasteiger partial charge in [-0.2, -0.15) is 0 Å². The minimum absolute atomic E-state index is 0.00776. The van der Waals surface area contributed by atoms with Crippen LogP contribution in [0.3, 0.4) is 0 Å². The third-order valence-corrected chi connectivity index (χ3v) is 3.81. The number of carboxylic acid groups (broad SMARTS) is 1. The van der Waals surface area contributed by atoms with E-state index in [0.29, 0.717) is 6.54 Å². The Morgan fingerprint density at radius 1 is 1.30 bits per heavy atom. The van der Waals surface area contributed by atoms with E-state index in [1.165, 1.54) is 27.7 Å². The molecule has 1 atom stereocenters. The second kappa shape index (κ2) is 7.00. The Morgan fingerprint density at radius 3 is 2.20 bits per heavy atom. The summed E-state index contributed by atoms with van der Waals surface area (Å²) >= 11 is 0. The van der Waals surface area contributed by atoms with Crippen molar-refractivity contribution in [2.24, 2.45) is 5.41 Å². The molecule has 0 aliphatic carbocycles. The van der Waals surface area contributed by atoms with Crippen LogP contribution in [-0.4, -0.2) is 48.8 Å². The van der Waals surface area contributed by atoms with Gasteiger partial charge in [0.15, 0.2) is 0 Å². The second-order valence-electron chi connectivity index (χ2n) is 6.30. The van der Waals surface area contributed by atoms with Gasteiger partial charge in [0.05, 0.1) is 17.6 Å². The smallest absolute Gasteiger partial charge is 0.309 e. The SMILES string of the molecule is CN(C)CCOP(=O)([O-])OC(C)(C)CC(C)(C)C(=O)O. The molecule has 0 bridgehead atoms. The zero-order chi connectivity index (χ0) is 16.2. The number of carboxylic acids is 1. The zero-order valence-corrected chi connectivity index (χ0v) is 13.9. The summed E-state index contributed by atoms with van der Waals surface area (Å²) in [7, 11) is -0.874. The first-order valence-electron chi connectivity index (χ1n) is 6.32. The number of aliphatic carboxylic acids is 1. The molecule has 7 nitrogen and oxygen atoms in total. The molecule has 0 fully saturated rings. The van der Waals surface area contributed by atoms with Crippen LogP contribution in [-0.2, 0) is 18.4 Å². The molecule has 0 aromatic carbocycles. The standard InChI is InChI=1S/C12H26NO6P/c1-11(2,10(14)15)9-12(3,4)19-20(16,17)18-8-7-13(5)6/h7-9H2,1-6H3,(H,14,15)(H,16,17)/p-1. The lowest BCUT2D eigenvalue weighted by molar-refractivity contribution is -0.236. The first-order chi connectivity index (χ1) is 8.77. The first-order valence-corrected chi connectivity index (χ1v) is 7.78. The van der Waals surface area contributed by atoms with Gasteiger partial charge in [-0.05, 0) is 48.2 Å². The maximum absolute atomic E-state index is 11.7. The van der Waals surface area contributed by atoms with Crippen molar-refractivity contribution < 1.29 is 28.4 Å². The Morgan fingerprint density at radius 2 is 1.80 bits per heavy atom. The lowest BCUT2D eigenvalue weighted by atomic mass is 9.82. The molecular weight excluding hydrogens is 285 g/mol. The predicted molar refractivity (Wildman–Crippen MR) is 73.3 cm³/mol. The molecule has 120 valence electrons. The summed E-state index contributed by atoms with van der Waals surface area (Å²) in [6.07, 6.45) is 0.0403. The Bertz CT molecular complexity index is 380. The van der Waals surface area contributed by atoms with Crippen molar-refractivity contribution in [3.8, 4) is 0 Å². The molecule has 1 unspecified atom stereocenters. The normalized spacial score (nSPS) is 16.2. The number of carbonyl (C=O) groups is 1. The van der Waals surface area contributed by atoms with E-state index in [0.717, 1.165) is 0 Å². The monoisotopic (exact) mass is 310 g/mol. The van der Waals surface area contributed by atoms with Crippen LogP contribution in [0.25, 0.3) is 0 Å². The van der Waals surface area contributed by atoms with Crippen molar-refractivity contribution >= 4 is 13.8 Å². The molecule has 0 amide bonds. The molecule has 1 N–H and O–H groups in total. The minimum atomic E-state index is -4.46. The summed E-state index contributed by atoms with van der Waals surface area (Å²) in [5, 5.41) is 9.07. The van der Waals surface area contributed by atoms with Crippen LogP contribution in [0, 0.1) is 5.41 Å². The molecule has 0 heterocycles. The van der Waals surface area contributed by atoms with E-state index >= 15 is 0 Å². The lowest BCUT2D eigenvalue weighted by Crippen LogP contribution is -2.36. The Balaban J connectivity index is 4.58. The van der Waals surface area contributed by atoms with E-state index in [4.69, 9.17) is 14.2 Å². The van der Waals surface area contributed by atoms with E-state index in [-0.39, 0.29) is 13.0 Å². The van der Waals surface area contributed by atoms with Crippen LogP contribution in [0.4, 0.5) is 0 Å². The molecule has 0 aromatic rings. The van der Waals surface area contributed by atoms with Crippen LogP contribution >= 0.6 is 7.82 Å². The molecule has 0 radical (unpaired) electrons. The number of phosphoric acid groups is 1. The van der Waals surface area contributed by atoms with Gasteiger partial charge in [-0.15, -0.1) is 0 Å². The highest BCUT2D eigenvalue weighted by Crippen LogP contribution is 2.46. The third-order valence-electron chi connectivity index (χ3n) is 2.59. The van der Waals surface area contributed by atoms with Crippen molar-refractivity contribution in [1.29, 1.82) is 0 Å². The summed E-state index contributed by atoms with van der Waals surface area (Å²) in [4.78, 5) is 24.5. The zero-order valence-electron chi connectivity index (χ0n) is 13.0. The van der Waals surface area contributed by atoms with Crippen molar-refractivity contribution in [2.75, 3.05) is 27.2 Å². The molecule has 0 aromatic heterocycles. The summed E-state index contributed by atoms with van der Waals surface area (Å²) in [5.41, 5.74) is -2.25. The van der Waals surface area contributed by atoms with Crippen molar-refractivity contribution in [2.45, 2.75) is 39.7 Å². The van der Waals surface area contributed by atoms with E-state index < -0.39 is 24.8 Å². The van der Waals surface area contributed by atoms with Crippen molar-refractivity contribution in [3.05, 3.63) is 0 Å². The van der Waals surface area contributed by atoms with Gasteiger partial charge in [0.2, 0.25) is 0 Å². The number of nitrogens with zero attached hydrogens (tertiary/aromatic N) is 1. The van der Waals surface area contributed by atoms with E-state index in [1.54, 1.807) is 19.0 Å². The van der Waals surface area contributed by atoms with E-state index in [1.807, 2.05) is 0 Å². The lowest BCUT2D eigenvalue weighted by Gasteiger charge is -2.37. The quantitative estimate of drug-likeness (QED) is 0.641. The van der Waals surface area contributed by atoms with Crippen LogP contribution in [0.15, 0.2) is 0 Å². The Kier molecular flexibility index (Phi) is 6.84. The maximum Gasteiger partial charge on any atom is 0.309 e. The van der Waals surface area contributed by atoms with Gasteiger partial charge in [-0.3, -0.25) is 9.36 Å². The average molecular weight is 310 g/mol. The van der Waals surface area contributed by atoms with Gasteiger partial charge in [0.1, 0.15) is 0 Å². The van der Waals surface area contributed by atoms with Crippen LogP contribution in [0.5, 0.6) is 0 Å². The largest absolute Gasteiger partial charge is 0.756 e. The van der Waals surface area contributed by atoms with Gasteiger partial charge in [-0.25, -0.2) is 0 Å².